The van der Waals surface area contributed by atoms with Crippen LogP contribution in [0.15, 0.2) is 0 Å². The van der Waals surface area contributed by atoms with Crippen LogP contribution in [0.1, 0.15) is 6.92 Å². The SMILES string of the molecule is CC1NCCS1.[Na]. The molecule has 0 spiro atoms. The van der Waals surface area contributed by atoms with Crippen LogP contribution in [0.5, 0.6) is 0 Å². The molecule has 1 aliphatic rings. The Hall–Kier alpha value is 1.31. The third kappa shape index (κ3) is 2.98. The van der Waals surface area contributed by atoms with E-state index in [-0.39, 0.29) is 29.6 Å². The summed E-state index contributed by atoms with van der Waals surface area (Å²) in [6, 6.07) is 0. The molecular weight excluding hydrogens is 117 g/mol. The Morgan fingerprint density at radius 1 is 1.71 bits per heavy atom. The molecule has 0 aromatic rings. The number of nitrogens with one attached hydrogen (secondary N) is 1. The van der Waals surface area contributed by atoms with E-state index in [4.69, 9.17) is 0 Å². The van der Waals surface area contributed by atoms with E-state index in [2.05, 4.69) is 12.2 Å². The summed E-state index contributed by atoms with van der Waals surface area (Å²) in [6.45, 7) is 3.39. The molecule has 1 unspecified atom stereocenters. The van der Waals surface area contributed by atoms with Crippen molar-refractivity contribution in [3.63, 3.8) is 0 Å². The first-order valence-electron chi connectivity index (χ1n) is 2.24. The van der Waals surface area contributed by atoms with Crippen LogP contribution >= 0.6 is 11.8 Å². The Kier molecular flexibility index (Phi) is 5.00. The van der Waals surface area contributed by atoms with Crippen molar-refractivity contribution in [1.29, 1.82) is 0 Å². The molecule has 0 saturated carbocycles. The molecule has 7 heavy (non-hydrogen) atoms. The van der Waals surface area contributed by atoms with E-state index in [0.717, 1.165) is 0 Å². The van der Waals surface area contributed by atoms with Crippen LogP contribution in [0, 0.1) is 0 Å². The van der Waals surface area contributed by atoms with E-state index in [0.29, 0.717) is 5.37 Å². The molecule has 1 saturated heterocycles. The first-order chi connectivity index (χ1) is 2.89. The van der Waals surface area contributed by atoms with Crippen molar-refractivity contribution in [3.05, 3.63) is 0 Å². The fourth-order valence-corrected chi connectivity index (χ4v) is 1.38. The van der Waals surface area contributed by atoms with E-state index in [1.54, 1.807) is 0 Å². The Labute approximate surface area is 70.9 Å². The molecule has 1 radical (unpaired) electrons. The summed E-state index contributed by atoms with van der Waals surface area (Å²) in [5.74, 6) is 1.29. The molecule has 37 valence electrons. The van der Waals surface area contributed by atoms with E-state index in [9.17, 15) is 0 Å². The van der Waals surface area contributed by atoms with Crippen LogP contribution in [-0.4, -0.2) is 47.2 Å². The van der Waals surface area contributed by atoms with Gasteiger partial charge in [-0.2, -0.15) is 0 Å². The second kappa shape index (κ2) is 4.21. The average molecular weight is 126 g/mol. The fourth-order valence-electron chi connectivity index (χ4n) is 0.557. The molecule has 1 heterocycles. The Morgan fingerprint density at radius 3 is 2.57 bits per heavy atom. The Balaban J connectivity index is 0.000000360. The molecule has 1 atom stereocenters. The van der Waals surface area contributed by atoms with Gasteiger partial charge in [0, 0.05) is 41.9 Å². The van der Waals surface area contributed by atoms with E-state index >= 15 is 0 Å². The molecule has 0 bridgehead atoms. The van der Waals surface area contributed by atoms with Gasteiger partial charge in [-0.05, 0) is 6.92 Å². The van der Waals surface area contributed by atoms with Gasteiger partial charge in [0.1, 0.15) is 0 Å². The second-order valence-corrected chi connectivity index (χ2v) is 2.92. The minimum Gasteiger partial charge on any atom is -0.305 e. The van der Waals surface area contributed by atoms with Crippen molar-refractivity contribution in [3.8, 4) is 0 Å². The number of rotatable bonds is 0. The van der Waals surface area contributed by atoms with Gasteiger partial charge in [0.15, 0.2) is 0 Å². The van der Waals surface area contributed by atoms with E-state index in [1.807, 2.05) is 11.8 Å². The third-order valence-corrected chi connectivity index (χ3v) is 2.01. The predicted octanol–water partition coefficient (Wildman–Crippen LogP) is 0.288. The average Bonchev–Trinajstić information content (AvgIpc) is 1.86. The molecule has 0 aromatic heterocycles. The molecule has 1 N–H and O–H groups in total. The van der Waals surface area contributed by atoms with Crippen molar-refractivity contribution in [2.75, 3.05) is 12.3 Å². The Bertz CT molecular complexity index is 45.0. The van der Waals surface area contributed by atoms with Crippen LogP contribution < -0.4 is 5.32 Å². The zero-order valence-electron chi connectivity index (χ0n) is 4.90. The first kappa shape index (κ1) is 8.31. The van der Waals surface area contributed by atoms with Crippen molar-refractivity contribution >= 4 is 41.3 Å². The molecule has 3 heteroatoms. The molecule has 0 amide bonds. The summed E-state index contributed by atoms with van der Waals surface area (Å²) in [5.41, 5.74) is 0. The minimum atomic E-state index is 0. The summed E-state index contributed by atoms with van der Waals surface area (Å²) >= 11 is 1.99. The van der Waals surface area contributed by atoms with Gasteiger partial charge in [-0.3, -0.25) is 0 Å². The molecule has 1 nitrogen and oxygen atoms in total. The number of thioether (sulfide) groups is 1. The van der Waals surface area contributed by atoms with Crippen LogP contribution in [-0.2, 0) is 0 Å². The maximum absolute atomic E-state index is 3.28. The van der Waals surface area contributed by atoms with E-state index < -0.39 is 0 Å². The van der Waals surface area contributed by atoms with Crippen LogP contribution in [0.2, 0.25) is 0 Å². The fraction of sp³-hybridized carbons (Fsp3) is 1.00. The van der Waals surface area contributed by atoms with Gasteiger partial charge < -0.3 is 5.32 Å². The molecule has 1 aliphatic heterocycles. The van der Waals surface area contributed by atoms with Gasteiger partial charge in [0.25, 0.3) is 0 Å². The van der Waals surface area contributed by atoms with Crippen molar-refractivity contribution in [2.45, 2.75) is 12.3 Å². The maximum atomic E-state index is 3.28. The van der Waals surface area contributed by atoms with Crippen LogP contribution in [0.4, 0.5) is 0 Å². The molecular formula is C4H9NNaS. The van der Waals surface area contributed by atoms with Crippen LogP contribution in [0.25, 0.3) is 0 Å². The zero-order chi connectivity index (χ0) is 4.41. The van der Waals surface area contributed by atoms with Crippen molar-refractivity contribution in [2.24, 2.45) is 0 Å². The molecule has 1 fully saturated rings. The van der Waals surface area contributed by atoms with Gasteiger partial charge in [-0.15, -0.1) is 11.8 Å². The van der Waals surface area contributed by atoms with Gasteiger partial charge in [-0.25, -0.2) is 0 Å². The maximum Gasteiger partial charge on any atom is 0.0504 e. The van der Waals surface area contributed by atoms with Crippen LogP contribution in [0.3, 0.4) is 0 Å². The normalized spacial score (nSPS) is 29.6. The van der Waals surface area contributed by atoms with Crippen molar-refractivity contribution < 1.29 is 0 Å². The predicted molar refractivity (Wildman–Crippen MR) is 35.7 cm³/mol. The molecule has 1 rings (SSSR count). The van der Waals surface area contributed by atoms with E-state index in [1.165, 1.54) is 12.3 Å². The summed E-state index contributed by atoms with van der Waals surface area (Å²) < 4.78 is 0. The zero-order valence-corrected chi connectivity index (χ0v) is 7.72. The van der Waals surface area contributed by atoms with Gasteiger partial charge in [0.2, 0.25) is 0 Å². The minimum absolute atomic E-state index is 0. The number of hydrogen-bond donors (Lipinski definition) is 1. The topological polar surface area (TPSA) is 12.0 Å². The third-order valence-electron chi connectivity index (χ3n) is 0.902. The van der Waals surface area contributed by atoms with Gasteiger partial charge in [-0.1, -0.05) is 0 Å². The molecule has 0 aromatic carbocycles. The smallest absolute Gasteiger partial charge is 0.0504 e. The summed E-state index contributed by atoms with van der Waals surface area (Å²) in [4.78, 5) is 0. The molecule has 0 aliphatic carbocycles. The van der Waals surface area contributed by atoms with Gasteiger partial charge >= 0.3 is 0 Å². The quantitative estimate of drug-likeness (QED) is 0.468. The largest absolute Gasteiger partial charge is 0.305 e. The summed E-state index contributed by atoms with van der Waals surface area (Å²) in [7, 11) is 0. The standard InChI is InChI=1S/C4H9NS.Na/c1-4-5-2-3-6-4;/h4-5H,2-3H2,1H3;. The Morgan fingerprint density at radius 2 is 2.43 bits per heavy atom. The second-order valence-electron chi connectivity index (χ2n) is 1.47. The van der Waals surface area contributed by atoms with Gasteiger partial charge in [0.05, 0.1) is 5.37 Å². The monoisotopic (exact) mass is 126 g/mol. The number of hydrogen-bond acceptors (Lipinski definition) is 2. The van der Waals surface area contributed by atoms with Crippen molar-refractivity contribution in [1.82, 2.24) is 5.32 Å². The summed E-state index contributed by atoms with van der Waals surface area (Å²) in [6.07, 6.45) is 0. The summed E-state index contributed by atoms with van der Waals surface area (Å²) in [5, 5.41) is 4.00. The first-order valence-corrected chi connectivity index (χ1v) is 3.29.